The number of carbonyl (C=O) groups excluding carboxylic acids is 1. The molecule has 2 fully saturated rings. The summed E-state index contributed by atoms with van der Waals surface area (Å²) in [7, 11) is 0. The molecule has 1 atom stereocenters. The molecule has 158 valence electrons. The van der Waals surface area contributed by atoms with Crippen molar-refractivity contribution in [3.8, 4) is 5.75 Å². The van der Waals surface area contributed by atoms with Gasteiger partial charge in [0, 0.05) is 6.07 Å². The number of hydrogen-bond donors (Lipinski definition) is 2. The molecule has 0 aliphatic heterocycles. The van der Waals surface area contributed by atoms with Crippen molar-refractivity contribution in [2.24, 2.45) is 0 Å². The van der Waals surface area contributed by atoms with E-state index in [0.29, 0.717) is 34.2 Å². The molecule has 0 radical (unpaired) electrons. The Morgan fingerprint density at radius 3 is 2.47 bits per heavy atom. The Bertz CT molecular complexity index is 1030. The smallest absolute Gasteiger partial charge is 0.329 e. The summed E-state index contributed by atoms with van der Waals surface area (Å²) < 4.78 is 20.8. The highest BCUT2D eigenvalue weighted by molar-refractivity contribution is 6.42. The van der Waals surface area contributed by atoms with Gasteiger partial charge in [-0.3, -0.25) is 4.79 Å². The van der Waals surface area contributed by atoms with Crippen LogP contribution in [0.4, 0.5) is 4.39 Å². The molecule has 30 heavy (non-hydrogen) atoms. The predicted octanol–water partition coefficient (Wildman–Crippen LogP) is 5.50. The molecule has 0 saturated heterocycles. The highest BCUT2D eigenvalue weighted by Crippen LogP contribution is 2.45. The lowest BCUT2D eigenvalue weighted by molar-refractivity contribution is -0.140. The number of rotatable bonds is 7. The molecule has 2 aromatic carbocycles. The number of carboxylic acids is 1. The lowest BCUT2D eigenvalue weighted by atomic mass is 9.95. The molecule has 1 amide bonds. The van der Waals surface area contributed by atoms with E-state index in [1.165, 1.54) is 12.1 Å². The van der Waals surface area contributed by atoms with E-state index in [1.807, 2.05) is 0 Å². The summed E-state index contributed by atoms with van der Waals surface area (Å²) in [5.74, 6) is -1.80. The number of halogens is 3. The molecule has 2 aromatic rings. The van der Waals surface area contributed by atoms with Gasteiger partial charge in [0.2, 0.25) is 0 Å². The maximum atomic E-state index is 14.9. The molecule has 2 saturated carbocycles. The Labute approximate surface area is 183 Å². The van der Waals surface area contributed by atoms with Gasteiger partial charge in [-0.2, -0.15) is 0 Å². The van der Waals surface area contributed by atoms with Gasteiger partial charge in [0.1, 0.15) is 23.2 Å². The number of hydrogen-bond acceptors (Lipinski definition) is 3. The third kappa shape index (κ3) is 4.12. The summed E-state index contributed by atoms with van der Waals surface area (Å²) in [5, 5.41) is 12.5. The minimum Gasteiger partial charge on any atom is -0.486 e. The van der Waals surface area contributed by atoms with Crippen LogP contribution >= 0.6 is 23.2 Å². The Morgan fingerprint density at radius 1 is 1.20 bits per heavy atom. The zero-order chi connectivity index (χ0) is 21.6. The summed E-state index contributed by atoms with van der Waals surface area (Å²) in [4.78, 5) is 23.9. The zero-order valence-electron chi connectivity index (χ0n) is 16.2. The molecule has 2 aliphatic carbocycles. The van der Waals surface area contributed by atoms with Crippen molar-refractivity contribution in [2.45, 2.75) is 50.2 Å². The molecule has 0 aromatic heterocycles. The van der Waals surface area contributed by atoms with E-state index in [4.69, 9.17) is 27.9 Å². The molecule has 1 unspecified atom stereocenters. The van der Waals surface area contributed by atoms with Gasteiger partial charge in [-0.25, -0.2) is 9.18 Å². The minimum absolute atomic E-state index is 0.144. The van der Waals surface area contributed by atoms with E-state index in [1.54, 1.807) is 25.1 Å². The third-order valence-electron chi connectivity index (χ3n) is 5.59. The van der Waals surface area contributed by atoms with E-state index in [9.17, 15) is 19.1 Å². The lowest BCUT2D eigenvalue weighted by Crippen LogP contribution is -2.43. The van der Waals surface area contributed by atoms with Crippen LogP contribution in [0.25, 0.3) is 0 Å². The number of benzene rings is 2. The number of ether oxygens (including phenoxy) is 1. The second-order valence-corrected chi connectivity index (χ2v) is 8.73. The van der Waals surface area contributed by atoms with Crippen LogP contribution in [0.2, 0.25) is 10.0 Å². The molecule has 4 rings (SSSR count). The number of nitrogens with one attached hydrogen (secondary N) is 1. The van der Waals surface area contributed by atoms with Crippen molar-refractivity contribution in [1.82, 2.24) is 5.32 Å². The van der Waals surface area contributed by atoms with Gasteiger partial charge in [-0.05, 0) is 73.9 Å². The molecule has 0 bridgehead atoms. The third-order valence-corrected chi connectivity index (χ3v) is 6.33. The standard InChI is InChI=1S/C22H20Cl2FNO4/c1-11(30-13-4-5-17(23)18(24)8-13)14-10-19(25)16(9-15(14)12-2-3-12)20(27)26-22(6-7-22)21(28)29/h4-5,8-12H,2-3,6-7H2,1H3,(H,26,27)(H,28,29). The minimum atomic E-state index is -1.27. The van der Waals surface area contributed by atoms with Crippen molar-refractivity contribution in [2.75, 3.05) is 0 Å². The first kappa shape index (κ1) is 20.9. The van der Waals surface area contributed by atoms with Crippen molar-refractivity contribution in [3.63, 3.8) is 0 Å². The number of carbonyl (C=O) groups is 2. The van der Waals surface area contributed by atoms with E-state index in [0.717, 1.165) is 18.4 Å². The Balaban J connectivity index is 1.61. The fourth-order valence-electron chi connectivity index (χ4n) is 3.50. The Kier molecular flexibility index (Phi) is 5.41. The average Bonchev–Trinajstić information content (AvgIpc) is 3.59. The summed E-state index contributed by atoms with van der Waals surface area (Å²) in [6.45, 7) is 1.80. The highest BCUT2D eigenvalue weighted by Gasteiger charge is 2.52. The number of carboxylic acid groups (broad SMARTS) is 1. The normalized spacial score (nSPS) is 17.9. The average molecular weight is 452 g/mol. The van der Waals surface area contributed by atoms with Crippen LogP contribution in [0.1, 0.15) is 66.1 Å². The van der Waals surface area contributed by atoms with Gasteiger partial charge in [-0.15, -0.1) is 0 Å². The van der Waals surface area contributed by atoms with Crippen LogP contribution in [0, 0.1) is 5.82 Å². The number of aliphatic carboxylic acids is 1. The van der Waals surface area contributed by atoms with Crippen molar-refractivity contribution < 1.29 is 23.8 Å². The number of amides is 1. The van der Waals surface area contributed by atoms with Gasteiger partial charge < -0.3 is 15.2 Å². The fraction of sp³-hybridized carbons (Fsp3) is 0.364. The highest BCUT2D eigenvalue weighted by atomic mass is 35.5. The van der Waals surface area contributed by atoms with Gasteiger partial charge in [-0.1, -0.05) is 23.2 Å². The Morgan fingerprint density at radius 2 is 1.90 bits per heavy atom. The molecule has 0 heterocycles. The summed E-state index contributed by atoms with van der Waals surface area (Å²) in [6.07, 6.45) is 2.09. The van der Waals surface area contributed by atoms with Crippen molar-refractivity contribution in [1.29, 1.82) is 0 Å². The molecule has 0 spiro atoms. The zero-order valence-corrected chi connectivity index (χ0v) is 17.7. The maximum Gasteiger partial charge on any atom is 0.329 e. The monoisotopic (exact) mass is 451 g/mol. The van der Waals surface area contributed by atoms with Gasteiger partial charge in [0.25, 0.3) is 5.91 Å². The van der Waals surface area contributed by atoms with E-state index in [2.05, 4.69) is 5.32 Å². The van der Waals surface area contributed by atoms with E-state index >= 15 is 0 Å². The molecule has 2 aliphatic rings. The topological polar surface area (TPSA) is 75.6 Å². The molecular weight excluding hydrogens is 432 g/mol. The van der Waals surface area contributed by atoms with Crippen LogP contribution in [0.3, 0.4) is 0 Å². The van der Waals surface area contributed by atoms with Crippen LogP contribution in [0.5, 0.6) is 5.75 Å². The van der Waals surface area contributed by atoms with Crippen LogP contribution in [0.15, 0.2) is 30.3 Å². The lowest BCUT2D eigenvalue weighted by Gasteiger charge is -2.21. The van der Waals surface area contributed by atoms with E-state index < -0.39 is 29.3 Å². The first-order valence-electron chi connectivity index (χ1n) is 9.71. The summed E-state index contributed by atoms with van der Waals surface area (Å²) >= 11 is 12.0. The maximum absolute atomic E-state index is 14.9. The van der Waals surface area contributed by atoms with E-state index in [-0.39, 0.29) is 11.5 Å². The van der Waals surface area contributed by atoms with Crippen LogP contribution in [-0.4, -0.2) is 22.5 Å². The quantitative estimate of drug-likeness (QED) is 0.582. The molecule has 2 N–H and O–H groups in total. The molecule has 5 nitrogen and oxygen atoms in total. The fourth-order valence-corrected chi connectivity index (χ4v) is 3.79. The molecule has 8 heteroatoms. The van der Waals surface area contributed by atoms with Crippen molar-refractivity contribution in [3.05, 3.63) is 62.9 Å². The van der Waals surface area contributed by atoms with Gasteiger partial charge >= 0.3 is 5.97 Å². The van der Waals surface area contributed by atoms with Crippen LogP contribution < -0.4 is 10.1 Å². The SMILES string of the molecule is CC(Oc1ccc(Cl)c(Cl)c1)c1cc(F)c(C(=O)NC2(C(=O)O)CC2)cc1C1CC1. The summed E-state index contributed by atoms with van der Waals surface area (Å²) in [6, 6.07) is 7.74. The first-order chi connectivity index (χ1) is 14.2. The largest absolute Gasteiger partial charge is 0.486 e. The molecular formula is C22H20Cl2FNO4. The van der Waals surface area contributed by atoms with Crippen molar-refractivity contribution >= 4 is 35.1 Å². The predicted molar refractivity (Wildman–Crippen MR) is 111 cm³/mol. The van der Waals surface area contributed by atoms with Gasteiger partial charge in [0.15, 0.2) is 0 Å². The Hall–Kier alpha value is -2.31. The first-order valence-corrected chi connectivity index (χ1v) is 10.5. The van der Waals surface area contributed by atoms with Gasteiger partial charge in [0.05, 0.1) is 15.6 Å². The van der Waals surface area contributed by atoms with Crippen LogP contribution in [-0.2, 0) is 4.79 Å². The second-order valence-electron chi connectivity index (χ2n) is 7.91. The second kappa shape index (κ2) is 7.75. The summed E-state index contributed by atoms with van der Waals surface area (Å²) in [5.41, 5.74) is 0.0767.